The summed E-state index contributed by atoms with van der Waals surface area (Å²) >= 11 is 1.45. The van der Waals surface area contributed by atoms with Crippen LogP contribution in [0.4, 0.5) is 4.39 Å². The van der Waals surface area contributed by atoms with E-state index in [0.29, 0.717) is 22.5 Å². The third-order valence-corrected chi connectivity index (χ3v) is 5.33. The molecular formula is C18H16FN3O2S. The molecule has 1 N–H and O–H groups in total. The number of halogens is 1. The molecule has 25 heavy (non-hydrogen) atoms. The van der Waals surface area contributed by atoms with Gasteiger partial charge in [0.05, 0.1) is 11.1 Å². The van der Waals surface area contributed by atoms with E-state index in [1.165, 1.54) is 23.5 Å². The lowest BCUT2D eigenvalue weighted by Gasteiger charge is -2.07. The van der Waals surface area contributed by atoms with Crippen LogP contribution in [0, 0.1) is 12.7 Å². The number of rotatable bonds is 3. The Morgan fingerprint density at radius 3 is 2.80 bits per heavy atom. The molecule has 1 aromatic carbocycles. The minimum Gasteiger partial charge on any atom is -0.384 e. The van der Waals surface area contributed by atoms with Crippen molar-refractivity contribution in [2.45, 2.75) is 32.8 Å². The molecule has 0 unspecified atom stereocenters. The highest BCUT2D eigenvalue weighted by Gasteiger charge is 2.26. The van der Waals surface area contributed by atoms with Crippen LogP contribution < -0.4 is 5.56 Å². The first-order valence-corrected chi connectivity index (χ1v) is 8.89. The van der Waals surface area contributed by atoms with Gasteiger partial charge in [-0.1, -0.05) is 24.2 Å². The summed E-state index contributed by atoms with van der Waals surface area (Å²) in [7, 11) is 0. The van der Waals surface area contributed by atoms with E-state index in [1.54, 1.807) is 12.1 Å². The van der Waals surface area contributed by atoms with Gasteiger partial charge in [-0.15, -0.1) is 11.3 Å². The van der Waals surface area contributed by atoms with E-state index in [2.05, 4.69) is 15.1 Å². The predicted molar refractivity (Wildman–Crippen MR) is 96.5 cm³/mol. The van der Waals surface area contributed by atoms with Gasteiger partial charge in [0.15, 0.2) is 11.9 Å². The maximum atomic E-state index is 13.2. The summed E-state index contributed by atoms with van der Waals surface area (Å²) in [4.78, 5) is 27.2. The molecular weight excluding hydrogens is 341 g/mol. The van der Waals surface area contributed by atoms with Gasteiger partial charge in [-0.3, -0.25) is 4.79 Å². The highest BCUT2D eigenvalue weighted by Crippen LogP contribution is 2.36. The zero-order chi connectivity index (χ0) is 17.6. The number of nitrogens with zero attached hydrogens (tertiary/aromatic N) is 2. The van der Waals surface area contributed by atoms with Gasteiger partial charge in [-0.2, -0.15) is 0 Å². The number of hydrogen-bond donors (Lipinski definition) is 1. The molecule has 3 aromatic rings. The summed E-state index contributed by atoms with van der Waals surface area (Å²) in [5, 5.41) is 4.56. The van der Waals surface area contributed by atoms with Gasteiger partial charge in [0, 0.05) is 16.9 Å². The Labute approximate surface area is 147 Å². The molecule has 0 radical (unpaired) electrons. The standard InChI is InChI=1S/C18H16FN3O2S/c1-3-12-8-13(24-22-12)16-20-17(23)15-14(9(2)25-18(15)21-16)10-4-6-11(19)7-5-10/h4-7,13H,3,8H2,1-2H3,(H,20,21,23)/t13-/m0/s1. The Bertz CT molecular complexity index is 1040. The molecule has 0 fully saturated rings. The van der Waals surface area contributed by atoms with Crippen LogP contribution in [-0.2, 0) is 4.84 Å². The largest absolute Gasteiger partial charge is 0.384 e. The molecule has 0 amide bonds. The van der Waals surface area contributed by atoms with Crippen molar-refractivity contribution < 1.29 is 9.23 Å². The summed E-state index contributed by atoms with van der Waals surface area (Å²) < 4.78 is 13.2. The van der Waals surface area contributed by atoms with Gasteiger partial charge in [0.1, 0.15) is 10.6 Å². The summed E-state index contributed by atoms with van der Waals surface area (Å²) in [6, 6.07) is 6.14. The molecule has 1 aliphatic rings. The van der Waals surface area contributed by atoms with Crippen LogP contribution in [0.1, 0.15) is 36.6 Å². The summed E-state index contributed by atoms with van der Waals surface area (Å²) in [5.41, 5.74) is 2.36. The Morgan fingerprint density at radius 1 is 1.36 bits per heavy atom. The number of aromatic amines is 1. The number of fused-ring (bicyclic) bond motifs is 1. The van der Waals surface area contributed by atoms with E-state index >= 15 is 0 Å². The molecule has 4 rings (SSSR count). The molecule has 128 valence electrons. The first kappa shape index (κ1) is 16.0. The predicted octanol–water partition coefficient (Wildman–Crippen LogP) is 4.33. The second-order valence-electron chi connectivity index (χ2n) is 5.98. The number of benzene rings is 1. The molecule has 7 heteroatoms. The maximum absolute atomic E-state index is 13.2. The van der Waals surface area contributed by atoms with Crippen LogP contribution in [0.15, 0.2) is 34.2 Å². The maximum Gasteiger partial charge on any atom is 0.260 e. The van der Waals surface area contributed by atoms with Gasteiger partial charge < -0.3 is 9.82 Å². The topological polar surface area (TPSA) is 67.3 Å². The van der Waals surface area contributed by atoms with Gasteiger partial charge in [-0.25, -0.2) is 9.37 Å². The van der Waals surface area contributed by atoms with Gasteiger partial charge >= 0.3 is 0 Å². The summed E-state index contributed by atoms with van der Waals surface area (Å²) in [5.74, 6) is 0.192. The first-order valence-electron chi connectivity index (χ1n) is 8.07. The highest BCUT2D eigenvalue weighted by molar-refractivity contribution is 7.19. The molecule has 1 aliphatic heterocycles. The molecule has 0 spiro atoms. The Hall–Kier alpha value is -2.54. The molecule has 0 bridgehead atoms. The summed E-state index contributed by atoms with van der Waals surface area (Å²) in [6.07, 6.45) is 1.11. The van der Waals surface area contributed by atoms with Crippen molar-refractivity contribution >= 4 is 27.3 Å². The zero-order valence-electron chi connectivity index (χ0n) is 13.8. The van der Waals surface area contributed by atoms with E-state index in [1.807, 2.05) is 13.8 Å². The highest BCUT2D eigenvalue weighted by atomic mass is 32.1. The average Bonchev–Trinajstić information content (AvgIpc) is 3.20. The molecule has 0 saturated heterocycles. The number of thiophene rings is 1. The number of oxime groups is 1. The van der Waals surface area contributed by atoms with E-state index in [9.17, 15) is 9.18 Å². The number of aryl methyl sites for hydroxylation is 1. The van der Waals surface area contributed by atoms with E-state index in [0.717, 1.165) is 28.1 Å². The minimum absolute atomic E-state index is 0.211. The van der Waals surface area contributed by atoms with Gasteiger partial charge in [0.2, 0.25) is 0 Å². The Kier molecular flexibility index (Phi) is 3.88. The van der Waals surface area contributed by atoms with Gasteiger partial charge in [-0.05, 0) is 31.0 Å². The number of H-pyrrole nitrogens is 1. The fraction of sp³-hybridized carbons (Fsp3) is 0.278. The SMILES string of the molecule is CCC1=NO[C@H](c2nc3sc(C)c(-c4ccc(F)cc4)c3c(=O)[nH]2)C1. The zero-order valence-corrected chi connectivity index (χ0v) is 14.6. The Morgan fingerprint density at radius 2 is 2.12 bits per heavy atom. The molecule has 3 heterocycles. The molecule has 1 atom stereocenters. The van der Waals surface area contributed by atoms with Crippen LogP contribution in [0.2, 0.25) is 0 Å². The van der Waals surface area contributed by atoms with E-state index in [-0.39, 0.29) is 17.5 Å². The third kappa shape index (κ3) is 2.74. The van der Waals surface area contributed by atoms with Crippen molar-refractivity contribution in [3.05, 3.63) is 51.1 Å². The quantitative estimate of drug-likeness (QED) is 0.759. The van der Waals surface area contributed by atoms with Crippen molar-refractivity contribution in [1.82, 2.24) is 9.97 Å². The van der Waals surface area contributed by atoms with Crippen LogP contribution in [-0.4, -0.2) is 15.7 Å². The molecule has 0 aliphatic carbocycles. The smallest absolute Gasteiger partial charge is 0.260 e. The van der Waals surface area contributed by atoms with Crippen molar-refractivity contribution in [3.8, 4) is 11.1 Å². The molecule has 5 nitrogen and oxygen atoms in total. The van der Waals surface area contributed by atoms with Crippen LogP contribution in [0.5, 0.6) is 0 Å². The second-order valence-corrected chi connectivity index (χ2v) is 7.18. The van der Waals surface area contributed by atoms with Crippen LogP contribution in [0.25, 0.3) is 21.3 Å². The normalized spacial score (nSPS) is 16.9. The van der Waals surface area contributed by atoms with E-state index < -0.39 is 0 Å². The number of nitrogens with one attached hydrogen (secondary N) is 1. The lowest BCUT2D eigenvalue weighted by Crippen LogP contribution is -2.14. The van der Waals surface area contributed by atoms with Crippen molar-refractivity contribution in [1.29, 1.82) is 0 Å². The molecule has 2 aromatic heterocycles. The average molecular weight is 357 g/mol. The Balaban J connectivity index is 1.82. The van der Waals surface area contributed by atoms with Crippen molar-refractivity contribution in [2.75, 3.05) is 0 Å². The van der Waals surface area contributed by atoms with Gasteiger partial charge in [0.25, 0.3) is 5.56 Å². The molecule has 0 saturated carbocycles. The van der Waals surface area contributed by atoms with Crippen LogP contribution >= 0.6 is 11.3 Å². The van der Waals surface area contributed by atoms with Crippen LogP contribution in [0.3, 0.4) is 0 Å². The first-order chi connectivity index (χ1) is 12.1. The third-order valence-electron chi connectivity index (χ3n) is 4.33. The lowest BCUT2D eigenvalue weighted by molar-refractivity contribution is 0.0792. The lowest BCUT2D eigenvalue weighted by atomic mass is 10.0. The number of hydrogen-bond acceptors (Lipinski definition) is 5. The second kappa shape index (κ2) is 6.07. The van der Waals surface area contributed by atoms with Crippen molar-refractivity contribution in [3.63, 3.8) is 0 Å². The van der Waals surface area contributed by atoms with Crippen molar-refractivity contribution in [2.24, 2.45) is 5.16 Å². The minimum atomic E-state index is -0.344. The fourth-order valence-electron chi connectivity index (χ4n) is 3.03. The number of aromatic nitrogens is 2. The summed E-state index contributed by atoms with van der Waals surface area (Å²) in [6.45, 7) is 3.95. The van der Waals surface area contributed by atoms with E-state index in [4.69, 9.17) is 4.84 Å². The fourth-order valence-corrected chi connectivity index (χ4v) is 4.09. The monoisotopic (exact) mass is 357 g/mol.